The van der Waals surface area contributed by atoms with E-state index in [0.717, 1.165) is 24.2 Å². The molecular formula is C10H13NO3S. The number of benzene rings is 1. The molecule has 0 amide bonds. The Morgan fingerprint density at radius 3 is 2.87 bits per heavy atom. The van der Waals surface area contributed by atoms with Crippen molar-refractivity contribution in [2.75, 3.05) is 17.6 Å². The van der Waals surface area contributed by atoms with Crippen molar-refractivity contribution in [1.82, 2.24) is 0 Å². The van der Waals surface area contributed by atoms with Crippen LogP contribution in [0.5, 0.6) is 0 Å². The van der Waals surface area contributed by atoms with E-state index >= 15 is 0 Å². The van der Waals surface area contributed by atoms with Crippen LogP contribution in [0.15, 0.2) is 24.3 Å². The third-order valence-corrected chi connectivity index (χ3v) is 3.44. The van der Waals surface area contributed by atoms with Gasteiger partial charge in [0.05, 0.1) is 5.75 Å². The molecule has 0 saturated carbocycles. The molecule has 1 aromatic rings. The van der Waals surface area contributed by atoms with Gasteiger partial charge in [0, 0.05) is 18.2 Å². The summed E-state index contributed by atoms with van der Waals surface area (Å²) in [4.78, 5) is 0. The standard InChI is InChI=1S/C10H13NO3S/c12-15(13,14)7-8-5-6-11-10-4-2-1-3-9(8)10/h1-4,8,11H,5-7H2,(H,12,13,14). The van der Waals surface area contributed by atoms with Crippen LogP contribution in [0.25, 0.3) is 0 Å². The van der Waals surface area contributed by atoms with Gasteiger partial charge in [0.25, 0.3) is 10.1 Å². The fourth-order valence-corrected chi connectivity index (χ4v) is 2.83. The van der Waals surface area contributed by atoms with Crippen molar-refractivity contribution < 1.29 is 13.0 Å². The van der Waals surface area contributed by atoms with E-state index < -0.39 is 10.1 Å². The first-order chi connectivity index (χ1) is 7.06. The van der Waals surface area contributed by atoms with Gasteiger partial charge in [0.15, 0.2) is 0 Å². The molecule has 5 heteroatoms. The topological polar surface area (TPSA) is 66.4 Å². The highest BCUT2D eigenvalue weighted by Crippen LogP contribution is 2.31. The van der Waals surface area contributed by atoms with Crippen LogP contribution in [0.1, 0.15) is 17.9 Å². The second-order valence-corrected chi connectivity index (χ2v) is 5.25. The molecular weight excluding hydrogens is 214 g/mol. The summed E-state index contributed by atoms with van der Waals surface area (Å²) in [7, 11) is -3.89. The minimum atomic E-state index is -3.89. The number of hydrogen-bond donors (Lipinski definition) is 2. The van der Waals surface area contributed by atoms with E-state index in [9.17, 15) is 8.42 Å². The Kier molecular flexibility index (Phi) is 2.67. The van der Waals surface area contributed by atoms with Crippen molar-refractivity contribution in [3.8, 4) is 0 Å². The van der Waals surface area contributed by atoms with Gasteiger partial charge in [-0.2, -0.15) is 8.42 Å². The van der Waals surface area contributed by atoms with E-state index in [1.54, 1.807) is 0 Å². The van der Waals surface area contributed by atoms with Crippen LogP contribution in [-0.4, -0.2) is 25.3 Å². The fourth-order valence-electron chi connectivity index (χ4n) is 1.98. The predicted octanol–water partition coefficient (Wildman–Crippen LogP) is 1.47. The SMILES string of the molecule is O=S(=O)(O)CC1CCNc2ccccc21. The first-order valence-electron chi connectivity index (χ1n) is 4.84. The zero-order valence-electron chi connectivity index (χ0n) is 8.18. The number of para-hydroxylation sites is 1. The van der Waals surface area contributed by atoms with Crippen LogP contribution in [0.3, 0.4) is 0 Å². The molecule has 15 heavy (non-hydrogen) atoms. The first-order valence-corrected chi connectivity index (χ1v) is 6.45. The van der Waals surface area contributed by atoms with Crippen molar-refractivity contribution >= 4 is 15.8 Å². The number of anilines is 1. The summed E-state index contributed by atoms with van der Waals surface area (Å²) in [5.41, 5.74) is 1.94. The van der Waals surface area contributed by atoms with Gasteiger partial charge < -0.3 is 5.32 Å². The minimum absolute atomic E-state index is 0.0996. The molecule has 1 aromatic carbocycles. The van der Waals surface area contributed by atoms with Crippen LogP contribution in [0.2, 0.25) is 0 Å². The highest BCUT2D eigenvalue weighted by Gasteiger charge is 2.23. The highest BCUT2D eigenvalue weighted by molar-refractivity contribution is 7.85. The lowest BCUT2D eigenvalue weighted by Gasteiger charge is -2.25. The fraction of sp³-hybridized carbons (Fsp3) is 0.400. The molecule has 0 spiro atoms. The average molecular weight is 227 g/mol. The summed E-state index contributed by atoms with van der Waals surface area (Å²) in [6.45, 7) is 0.747. The quantitative estimate of drug-likeness (QED) is 0.751. The van der Waals surface area contributed by atoms with Crippen LogP contribution in [0.4, 0.5) is 5.69 Å². The Labute approximate surface area is 89.1 Å². The largest absolute Gasteiger partial charge is 0.385 e. The van der Waals surface area contributed by atoms with Gasteiger partial charge in [-0.25, -0.2) is 0 Å². The maximum absolute atomic E-state index is 10.8. The van der Waals surface area contributed by atoms with Gasteiger partial charge in [-0.05, 0) is 18.1 Å². The van der Waals surface area contributed by atoms with E-state index in [2.05, 4.69) is 5.32 Å². The van der Waals surface area contributed by atoms with Gasteiger partial charge in [-0.3, -0.25) is 4.55 Å². The maximum Gasteiger partial charge on any atom is 0.265 e. The molecule has 0 bridgehead atoms. The van der Waals surface area contributed by atoms with E-state index in [4.69, 9.17) is 4.55 Å². The Balaban J connectivity index is 2.30. The Bertz CT molecular complexity index is 455. The van der Waals surface area contributed by atoms with Crippen molar-refractivity contribution in [3.05, 3.63) is 29.8 Å². The van der Waals surface area contributed by atoms with E-state index in [1.807, 2.05) is 24.3 Å². The number of nitrogens with one attached hydrogen (secondary N) is 1. The first kappa shape index (κ1) is 10.4. The lowest BCUT2D eigenvalue weighted by molar-refractivity contribution is 0.474. The smallest absolute Gasteiger partial charge is 0.265 e. The van der Waals surface area contributed by atoms with E-state index in [0.29, 0.717) is 0 Å². The second kappa shape index (κ2) is 3.83. The van der Waals surface area contributed by atoms with Crippen molar-refractivity contribution in [2.45, 2.75) is 12.3 Å². The van der Waals surface area contributed by atoms with Gasteiger partial charge in [-0.15, -0.1) is 0 Å². The summed E-state index contributed by atoms with van der Waals surface area (Å²) in [5, 5.41) is 3.20. The maximum atomic E-state index is 10.8. The molecule has 1 heterocycles. The molecule has 1 unspecified atom stereocenters. The monoisotopic (exact) mass is 227 g/mol. The lowest BCUT2D eigenvalue weighted by atomic mass is 9.93. The molecule has 0 fully saturated rings. The molecule has 0 saturated heterocycles. The van der Waals surface area contributed by atoms with E-state index in [1.165, 1.54) is 0 Å². The van der Waals surface area contributed by atoms with Gasteiger partial charge in [0.2, 0.25) is 0 Å². The molecule has 1 aliphatic rings. The van der Waals surface area contributed by atoms with Crippen LogP contribution in [-0.2, 0) is 10.1 Å². The normalized spacial score (nSPS) is 20.5. The summed E-state index contributed by atoms with van der Waals surface area (Å²) >= 11 is 0. The molecule has 2 rings (SSSR count). The molecule has 1 atom stereocenters. The Morgan fingerprint density at radius 1 is 1.40 bits per heavy atom. The number of rotatable bonds is 2. The minimum Gasteiger partial charge on any atom is -0.385 e. The molecule has 0 aliphatic carbocycles. The summed E-state index contributed by atoms with van der Waals surface area (Å²) in [5.74, 6) is -0.288. The van der Waals surface area contributed by atoms with Crippen LogP contribution >= 0.6 is 0 Å². The molecule has 4 nitrogen and oxygen atoms in total. The lowest BCUT2D eigenvalue weighted by Crippen LogP contribution is -2.22. The average Bonchev–Trinajstić information content (AvgIpc) is 2.16. The zero-order valence-corrected chi connectivity index (χ0v) is 9.00. The third kappa shape index (κ3) is 2.49. The van der Waals surface area contributed by atoms with Gasteiger partial charge in [-0.1, -0.05) is 18.2 Å². The van der Waals surface area contributed by atoms with E-state index in [-0.39, 0.29) is 11.7 Å². The van der Waals surface area contributed by atoms with Crippen molar-refractivity contribution in [1.29, 1.82) is 0 Å². The Hall–Kier alpha value is -1.07. The summed E-state index contributed by atoms with van der Waals surface area (Å²) in [6, 6.07) is 7.60. The summed E-state index contributed by atoms with van der Waals surface area (Å²) < 4.78 is 30.5. The van der Waals surface area contributed by atoms with Crippen LogP contribution in [0, 0.1) is 0 Å². The second-order valence-electron chi connectivity index (χ2n) is 3.75. The van der Waals surface area contributed by atoms with Crippen molar-refractivity contribution in [3.63, 3.8) is 0 Å². The molecule has 82 valence electrons. The molecule has 1 aliphatic heterocycles. The molecule has 0 radical (unpaired) electrons. The zero-order chi connectivity index (χ0) is 10.9. The predicted molar refractivity (Wildman–Crippen MR) is 58.7 cm³/mol. The van der Waals surface area contributed by atoms with Crippen molar-refractivity contribution in [2.24, 2.45) is 0 Å². The van der Waals surface area contributed by atoms with Gasteiger partial charge in [0.1, 0.15) is 0 Å². The third-order valence-electron chi connectivity index (χ3n) is 2.62. The Morgan fingerprint density at radius 2 is 2.13 bits per heavy atom. The highest BCUT2D eigenvalue weighted by atomic mass is 32.2. The molecule has 2 N–H and O–H groups in total. The van der Waals surface area contributed by atoms with Gasteiger partial charge >= 0.3 is 0 Å². The summed E-state index contributed by atoms with van der Waals surface area (Å²) in [6.07, 6.45) is 0.733. The number of fused-ring (bicyclic) bond motifs is 1. The van der Waals surface area contributed by atoms with Crippen LogP contribution < -0.4 is 5.32 Å². The number of hydrogen-bond acceptors (Lipinski definition) is 3. The molecule has 0 aromatic heterocycles.